The van der Waals surface area contributed by atoms with Gasteiger partial charge in [0.15, 0.2) is 0 Å². The zero-order chi connectivity index (χ0) is 13.7. The third kappa shape index (κ3) is 1.85. The number of fused-ring (bicyclic) bond motifs is 2. The van der Waals surface area contributed by atoms with Crippen LogP contribution in [0.25, 0.3) is 0 Å². The molecule has 4 rings (SSSR count). The molecule has 4 unspecified atom stereocenters. The molecule has 1 saturated heterocycles. The standard InChI is InChI=1S/C16H21NO2S/c18-16(19)15-11-4-1-3-10(11)9-17(15)13-5-2-6-14-12(13)7-8-20-14/h7-8,10-11,13,15H,1-6,9H2,(H,18,19). The van der Waals surface area contributed by atoms with Crippen LogP contribution >= 0.6 is 11.3 Å². The number of carboxylic acid groups (broad SMARTS) is 1. The van der Waals surface area contributed by atoms with Gasteiger partial charge in [0.25, 0.3) is 0 Å². The first-order chi connectivity index (χ1) is 9.75. The summed E-state index contributed by atoms with van der Waals surface area (Å²) in [4.78, 5) is 15.6. The van der Waals surface area contributed by atoms with Crippen molar-refractivity contribution in [3.63, 3.8) is 0 Å². The number of carbonyl (C=O) groups is 1. The first kappa shape index (κ1) is 12.8. The number of hydrogen-bond acceptors (Lipinski definition) is 3. The van der Waals surface area contributed by atoms with E-state index in [1.807, 2.05) is 11.3 Å². The first-order valence-corrected chi connectivity index (χ1v) is 8.68. The van der Waals surface area contributed by atoms with Gasteiger partial charge in [-0.05, 0) is 60.9 Å². The molecule has 4 heteroatoms. The third-order valence-electron chi connectivity index (χ3n) is 5.60. The molecule has 1 N–H and O–H groups in total. The Morgan fingerprint density at radius 1 is 1.30 bits per heavy atom. The Morgan fingerprint density at radius 2 is 2.20 bits per heavy atom. The van der Waals surface area contributed by atoms with Gasteiger partial charge >= 0.3 is 5.97 Å². The minimum absolute atomic E-state index is 0.238. The van der Waals surface area contributed by atoms with Gasteiger partial charge in [-0.25, -0.2) is 0 Å². The largest absolute Gasteiger partial charge is 0.480 e. The maximum absolute atomic E-state index is 11.8. The molecule has 2 aliphatic carbocycles. The summed E-state index contributed by atoms with van der Waals surface area (Å²) in [5.41, 5.74) is 1.42. The van der Waals surface area contributed by atoms with Crippen molar-refractivity contribution >= 4 is 17.3 Å². The lowest BCUT2D eigenvalue weighted by molar-refractivity contribution is -0.144. The second-order valence-corrected chi connectivity index (χ2v) is 7.54. The Labute approximate surface area is 123 Å². The molecule has 1 aromatic heterocycles. The number of hydrogen-bond donors (Lipinski definition) is 1. The molecular formula is C16H21NO2S. The smallest absolute Gasteiger partial charge is 0.321 e. The van der Waals surface area contributed by atoms with Crippen LogP contribution in [0.4, 0.5) is 0 Å². The Bertz CT molecular complexity index is 526. The Balaban J connectivity index is 1.67. The molecule has 20 heavy (non-hydrogen) atoms. The fourth-order valence-electron chi connectivity index (χ4n) is 4.79. The van der Waals surface area contributed by atoms with Crippen LogP contribution in [-0.2, 0) is 11.2 Å². The Hall–Kier alpha value is -0.870. The number of thiophene rings is 1. The highest BCUT2D eigenvalue weighted by molar-refractivity contribution is 7.10. The van der Waals surface area contributed by atoms with Gasteiger partial charge in [-0.2, -0.15) is 0 Å². The number of nitrogens with zero attached hydrogens (tertiary/aromatic N) is 1. The van der Waals surface area contributed by atoms with Gasteiger partial charge in [-0.3, -0.25) is 9.69 Å². The van der Waals surface area contributed by atoms with E-state index in [0.29, 0.717) is 17.9 Å². The van der Waals surface area contributed by atoms with Crippen LogP contribution in [-0.4, -0.2) is 28.6 Å². The molecule has 0 aromatic carbocycles. The summed E-state index contributed by atoms with van der Waals surface area (Å²) in [5.74, 6) is 0.429. The lowest BCUT2D eigenvalue weighted by Gasteiger charge is -2.35. The van der Waals surface area contributed by atoms with Gasteiger partial charge in [0.1, 0.15) is 6.04 Å². The SMILES string of the molecule is O=C(O)C1C2CCCC2CN1C1CCCc2sccc21. The van der Waals surface area contributed by atoms with Gasteiger partial charge in [0.2, 0.25) is 0 Å². The first-order valence-electron chi connectivity index (χ1n) is 7.80. The predicted molar refractivity (Wildman–Crippen MR) is 79.0 cm³/mol. The summed E-state index contributed by atoms with van der Waals surface area (Å²) in [5, 5.41) is 11.9. The second kappa shape index (κ2) is 4.85. The molecule has 3 aliphatic rings. The Kier molecular flexibility index (Phi) is 3.11. The van der Waals surface area contributed by atoms with E-state index >= 15 is 0 Å². The minimum Gasteiger partial charge on any atom is -0.480 e. The average Bonchev–Trinajstić information content (AvgIpc) is 3.11. The van der Waals surface area contributed by atoms with E-state index in [0.717, 1.165) is 19.4 Å². The van der Waals surface area contributed by atoms with Crippen LogP contribution < -0.4 is 0 Å². The van der Waals surface area contributed by atoms with Crippen molar-refractivity contribution in [2.75, 3.05) is 6.54 Å². The lowest BCUT2D eigenvalue weighted by Crippen LogP contribution is -2.42. The van der Waals surface area contributed by atoms with Crippen molar-refractivity contribution < 1.29 is 9.90 Å². The van der Waals surface area contributed by atoms with E-state index in [1.165, 1.54) is 36.1 Å². The summed E-state index contributed by atoms with van der Waals surface area (Å²) in [6, 6.07) is 2.35. The number of rotatable bonds is 2. The summed E-state index contributed by atoms with van der Waals surface area (Å²) >= 11 is 1.84. The highest BCUT2D eigenvalue weighted by Gasteiger charge is 2.50. The monoisotopic (exact) mass is 291 g/mol. The summed E-state index contributed by atoms with van der Waals surface area (Å²) in [6.07, 6.45) is 7.09. The molecule has 3 nitrogen and oxygen atoms in total. The van der Waals surface area contributed by atoms with Crippen LogP contribution in [0.15, 0.2) is 11.4 Å². The number of aliphatic carboxylic acids is 1. The van der Waals surface area contributed by atoms with Crippen molar-refractivity contribution in [3.05, 3.63) is 21.9 Å². The highest BCUT2D eigenvalue weighted by atomic mass is 32.1. The molecule has 0 bridgehead atoms. The van der Waals surface area contributed by atoms with Gasteiger partial charge in [0.05, 0.1) is 0 Å². The van der Waals surface area contributed by atoms with E-state index in [9.17, 15) is 9.90 Å². The number of carboxylic acids is 1. The van der Waals surface area contributed by atoms with Gasteiger partial charge in [0, 0.05) is 17.5 Å². The average molecular weight is 291 g/mol. The van der Waals surface area contributed by atoms with E-state index < -0.39 is 5.97 Å². The van der Waals surface area contributed by atoms with Crippen molar-refractivity contribution in [2.24, 2.45) is 11.8 Å². The molecule has 108 valence electrons. The fraction of sp³-hybridized carbons (Fsp3) is 0.688. The summed E-state index contributed by atoms with van der Waals surface area (Å²) < 4.78 is 0. The molecule has 0 radical (unpaired) electrons. The molecule has 1 aliphatic heterocycles. The van der Waals surface area contributed by atoms with Crippen molar-refractivity contribution in [1.82, 2.24) is 4.90 Å². The van der Waals surface area contributed by atoms with Crippen LogP contribution in [0, 0.1) is 11.8 Å². The van der Waals surface area contributed by atoms with Crippen molar-refractivity contribution in [2.45, 2.75) is 50.6 Å². The topological polar surface area (TPSA) is 40.5 Å². The molecule has 4 atom stereocenters. The zero-order valence-corrected chi connectivity index (χ0v) is 12.4. The maximum atomic E-state index is 11.8. The molecule has 0 amide bonds. The summed E-state index contributed by atoms with van der Waals surface area (Å²) in [6.45, 7) is 1.00. The van der Waals surface area contributed by atoms with Gasteiger partial charge < -0.3 is 5.11 Å². The third-order valence-corrected chi connectivity index (χ3v) is 6.60. The number of likely N-dealkylation sites (tertiary alicyclic amines) is 1. The van der Waals surface area contributed by atoms with Gasteiger partial charge in [-0.15, -0.1) is 11.3 Å². The van der Waals surface area contributed by atoms with Gasteiger partial charge in [-0.1, -0.05) is 6.42 Å². The highest BCUT2D eigenvalue weighted by Crippen LogP contribution is 2.48. The predicted octanol–water partition coefficient (Wildman–Crippen LogP) is 3.31. The fourth-order valence-corrected chi connectivity index (χ4v) is 5.77. The molecule has 2 fully saturated rings. The maximum Gasteiger partial charge on any atom is 0.321 e. The van der Waals surface area contributed by atoms with E-state index in [-0.39, 0.29) is 6.04 Å². The van der Waals surface area contributed by atoms with Crippen LogP contribution in [0.1, 0.15) is 48.6 Å². The molecule has 2 heterocycles. The lowest BCUT2D eigenvalue weighted by atomic mass is 9.91. The molecule has 1 saturated carbocycles. The summed E-state index contributed by atoms with van der Waals surface area (Å²) in [7, 11) is 0. The minimum atomic E-state index is -0.596. The van der Waals surface area contributed by atoms with E-state index in [2.05, 4.69) is 16.3 Å². The second-order valence-electron chi connectivity index (χ2n) is 6.54. The molecule has 0 spiro atoms. The van der Waals surface area contributed by atoms with Crippen LogP contribution in [0.5, 0.6) is 0 Å². The van der Waals surface area contributed by atoms with Crippen LogP contribution in [0.3, 0.4) is 0 Å². The normalized spacial score (nSPS) is 36.8. The van der Waals surface area contributed by atoms with Crippen molar-refractivity contribution in [1.29, 1.82) is 0 Å². The van der Waals surface area contributed by atoms with Crippen LogP contribution in [0.2, 0.25) is 0 Å². The van der Waals surface area contributed by atoms with E-state index in [1.54, 1.807) is 0 Å². The van der Waals surface area contributed by atoms with Crippen molar-refractivity contribution in [3.8, 4) is 0 Å². The zero-order valence-electron chi connectivity index (χ0n) is 11.6. The number of aryl methyl sites for hydroxylation is 1. The quantitative estimate of drug-likeness (QED) is 0.909. The molecule has 1 aromatic rings. The Morgan fingerprint density at radius 3 is 3.05 bits per heavy atom. The van der Waals surface area contributed by atoms with E-state index in [4.69, 9.17) is 0 Å². The molecular weight excluding hydrogens is 270 g/mol.